The minimum absolute atomic E-state index is 0.356. The number of carboxylic acid groups (broad SMARTS) is 1. The van der Waals surface area contributed by atoms with Gasteiger partial charge in [-0.3, -0.25) is 0 Å². The molecule has 0 radical (unpaired) electrons. The third-order valence-electron chi connectivity index (χ3n) is 4.23. The van der Waals surface area contributed by atoms with Crippen LogP contribution in [0.4, 0.5) is 0 Å². The van der Waals surface area contributed by atoms with Crippen molar-refractivity contribution in [2.45, 2.75) is 37.3 Å². The van der Waals surface area contributed by atoms with E-state index in [0.29, 0.717) is 32.0 Å². The van der Waals surface area contributed by atoms with Crippen molar-refractivity contribution < 1.29 is 15.0 Å². The number of carboxylic acids is 1. The van der Waals surface area contributed by atoms with Crippen molar-refractivity contribution in [1.82, 2.24) is 9.80 Å². The molecule has 0 atom stereocenters. The molecule has 2 N–H and O–H groups in total. The number of hydrogen-bond acceptors (Lipinski definition) is 4. The fourth-order valence-electron chi connectivity index (χ4n) is 2.83. The molecule has 0 amide bonds. The van der Waals surface area contributed by atoms with Gasteiger partial charge in [-0.1, -0.05) is 0 Å². The molecule has 0 aliphatic carbocycles. The van der Waals surface area contributed by atoms with Crippen LogP contribution in [0.25, 0.3) is 0 Å². The summed E-state index contributed by atoms with van der Waals surface area (Å²) in [7, 11) is 2.13. The molecular formula is C12H22N2O3. The highest BCUT2D eigenvalue weighted by molar-refractivity contribution is 5.77. The van der Waals surface area contributed by atoms with Gasteiger partial charge in [-0.2, -0.15) is 0 Å². The van der Waals surface area contributed by atoms with E-state index < -0.39 is 11.6 Å². The van der Waals surface area contributed by atoms with Gasteiger partial charge >= 0.3 is 5.97 Å². The lowest BCUT2D eigenvalue weighted by Crippen LogP contribution is -2.53. The van der Waals surface area contributed by atoms with Gasteiger partial charge in [0, 0.05) is 19.1 Å². The average Bonchev–Trinajstić information content (AvgIpc) is 2.31. The summed E-state index contributed by atoms with van der Waals surface area (Å²) in [6, 6.07) is 0.574. The monoisotopic (exact) mass is 242 g/mol. The van der Waals surface area contributed by atoms with Gasteiger partial charge in [-0.25, -0.2) is 4.79 Å². The summed E-state index contributed by atoms with van der Waals surface area (Å²) in [5, 5.41) is 18.8. The third-order valence-corrected chi connectivity index (χ3v) is 4.23. The largest absolute Gasteiger partial charge is 0.479 e. The van der Waals surface area contributed by atoms with Crippen LogP contribution in [0.1, 0.15) is 25.7 Å². The van der Waals surface area contributed by atoms with E-state index in [1.165, 1.54) is 0 Å². The molecule has 2 aliphatic heterocycles. The average molecular weight is 242 g/mol. The molecule has 17 heavy (non-hydrogen) atoms. The van der Waals surface area contributed by atoms with Gasteiger partial charge in [-0.05, 0) is 45.8 Å². The first-order valence-electron chi connectivity index (χ1n) is 6.40. The van der Waals surface area contributed by atoms with Gasteiger partial charge in [0.25, 0.3) is 0 Å². The van der Waals surface area contributed by atoms with E-state index in [2.05, 4.69) is 16.8 Å². The highest BCUT2D eigenvalue weighted by atomic mass is 16.4. The number of hydrogen-bond donors (Lipinski definition) is 2. The molecule has 0 aromatic carbocycles. The first-order chi connectivity index (χ1) is 8.01. The Bertz CT molecular complexity index is 279. The predicted octanol–water partition coefficient (Wildman–Crippen LogP) is -0.00790. The molecule has 2 saturated heterocycles. The molecule has 2 heterocycles. The minimum Gasteiger partial charge on any atom is -0.479 e. The summed E-state index contributed by atoms with van der Waals surface area (Å²) in [6.45, 7) is 3.64. The molecule has 0 aromatic rings. The molecule has 2 fully saturated rings. The summed E-state index contributed by atoms with van der Waals surface area (Å²) >= 11 is 0. The first-order valence-corrected chi connectivity index (χ1v) is 6.40. The first kappa shape index (κ1) is 12.8. The topological polar surface area (TPSA) is 64.0 Å². The third kappa shape index (κ3) is 2.78. The predicted molar refractivity (Wildman–Crippen MR) is 63.9 cm³/mol. The molecule has 2 aliphatic rings. The Morgan fingerprint density at radius 1 is 1.18 bits per heavy atom. The van der Waals surface area contributed by atoms with E-state index in [1.54, 1.807) is 0 Å². The molecule has 5 nitrogen and oxygen atoms in total. The van der Waals surface area contributed by atoms with Gasteiger partial charge in [0.05, 0.1) is 0 Å². The van der Waals surface area contributed by atoms with Crippen molar-refractivity contribution in [1.29, 1.82) is 0 Å². The highest BCUT2D eigenvalue weighted by Gasteiger charge is 2.40. The van der Waals surface area contributed by atoms with Crippen LogP contribution in [0.5, 0.6) is 0 Å². The van der Waals surface area contributed by atoms with Crippen LogP contribution >= 0.6 is 0 Å². The molecule has 0 aromatic heterocycles. The van der Waals surface area contributed by atoms with E-state index in [0.717, 1.165) is 25.9 Å². The lowest BCUT2D eigenvalue weighted by molar-refractivity contribution is -0.164. The Kier molecular flexibility index (Phi) is 3.70. The number of likely N-dealkylation sites (tertiary alicyclic amines) is 2. The zero-order chi connectivity index (χ0) is 12.5. The molecular weight excluding hydrogens is 220 g/mol. The van der Waals surface area contributed by atoms with Crippen LogP contribution in [0.15, 0.2) is 0 Å². The van der Waals surface area contributed by atoms with Crippen LogP contribution in [0.3, 0.4) is 0 Å². The zero-order valence-electron chi connectivity index (χ0n) is 10.4. The Morgan fingerprint density at radius 3 is 2.18 bits per heavy atom. The van der Waals surface area contributed by atoms with Gasteiger partial charge in [-0.15, -0.1) is 0 Å². The SMILES string of the molecule is CN1CCC(N2CCC(O)(C(=O)O)CC2)CC1. The number of nitrogens with zero attached hydrogens (tertiary/aromatic N) is 2. The van der Waals surface area contributed by atoms with Crippen LogP contribution in [0.2, 0.25) is 0 Å². The Labute approximate surface area is 102 Å². The number of rotatable bonds is 2. The van der Waals surface area contributed by atoms with Crippen molar-refractivity contribution >= 4 is 5.97 Å². The van der Waals surface area contributed by atoms with Crippen molar-refractivity contribution in [2.24, 2.45) is 0 Å². The second-order valence-electron chi connectivity index (χ2n) is 5.41. The second-order valence-corrected chi connectivity index (χ2v) is 5.41. The highest BCUT2D eigenvalue weighted by Crippen LogP contribution is 2.26. The van der Waals surface area contributed by atoms with E-state index in [1.807, 2.05) is 0 Å². The van der Waals surface area contributed by atoms with Gasteiger partial charge in [0.15, 0.2) is 5.60 Å². The Hall–Kier alpha value is -0.650. The van der Waals surface area contributed by atoms with Crippen LogP contribution in [-0.2, 0) is 4.79 Å². The molecule has 5 heteroatoms. The lowest BCUT2D eigenvalue weighted by atomic mass is 9.89. The minimum atomic E-state index is -1.48. The number of piperidine rings is 2. The molecule has 0 spiro atoms. The van der Waals surface area contributed by atoms with Gasteiger partial charge in [0.1, 0.15) is 0 Å². The number of aliphatic hydroxyl groups is 1. The molecule has 0 saturated carbocycles. The normalized spacial score (nSPS) is 28.1. The van der Waals surface area contributed by atoms with Crippen molar-refractivity contribution in [3.63, 3.8) is 0 Å². The van der Waals surface area contributed by atoms with E-state index >= 15 is 0 Å². The molecule has 0 bridgehead atoms. The summed E-state index contributed by atoms with van der Waals surface area (Å²) in [5.41, 5.74) is -1.48. The standard InChI is InChI=1S/C12H22N2O3/c1-13-6-2-10(3-7-13)14-8-4-12(17,5-9-14)11(15)16/h10,17H,2-9H2,1H3,(H,15,16). The smallest absolute Gasteiger partial charge is 0.335 e. The molecule has 2 rings (SSSR count). The van der Waals surface area contributed by atoms with Gasteiger partial charge < -0.3 is 20.0 Å². The maximum atomic E-state index is 10.9. The maximum absolute atomic E-state index is 10.9. The van der Waals surface area contributed by atoms with Gasteiger partial charge in [0.2, 0.25) is 0 Å². The quantitative estimate of drug-likeness (QED) is 0.713. The summed E-state index contributed by atoms with van der Waals surface area (Å²) in [6.07, 6.45) is 3.02. The van der Waals surface area contributed by atoms with Crippen LogP contribution < -0.4 is 0 Å². The fourth-order valence-corrected chi connectivity index (χ4v) is 2.83. The van der Waals surface area contributed by atoms with E-state index in [-0.39, 0.29) is 0 Å². The lowest BCUT2D eigenvalue weighted by Gasteiger charge is -2.42. The summed E-state index contributed by atoms with van der Waals surface area (Å²) in [4.78, 5) is 15.6. The second kappa shape index (κ2) is 4.92. The maximum Gasteiger partial charge on any atom is 0.335 e. The van der Waals surface area contributed by atoms with Crippen LogP contribution in [-0.4, -0.2) is 70.9 Å². The fraction of sp³-hybridized carbons (Fsp3) is 0.917. The van der Waals surface area contributed by atoms with Crippen LogP contribution in [0, 0.1) is 0 Å². The summed E-state index contributed by atoms with van der Waals surface area (Å²) in [5.74, 6) is -1.07. The Morgan fingerprint density at radius 2 is 1.71 bits per heavy atom. The van der Waals surface area contributed by atoms with Crippen molar-refractivity contribution in [2.75, 3.05) is 33.2 Å². The zero-order valence-corrected chi connectivity index (χ0v) is 10.4. The van der Waals surface area contributed by atoms with E-state index in [9.17, 15) is 9.90 Å². The van der Waals surface area contributed by atoms with Crippen molar-refractivity contribution in [3.8, 4) is 0 Å². The Balaban J connectivity index is 1.85. The van der Waals surface area contributed by atoms with Crippen molar-refractivity contribution in [3.05, 3.63) is 0 Å². The summed E-state index contributed by atoms with van der Waals surface area (Å²) < 4.78 is 0. The molecule has 0 unspecified atom stereocenters. The number of carbonyl (C=O) groups is 1. The molecule has 98 valence electrons. The number of aliphatic carboxylic acids is 1. The van der Waals surface area contributed by atoms with E-state index in [4.69, 9.17) is 5.11 Å².